The van der Waals surface area contributed by atoms with Gasteiger partial charge in [-0.25, -0.2) is 4.57 Å². The Labute approximate surface area is 287 Å². The normalized spacial score (nSPS) is 32.7. The summed E-state index contributed by atoms with van der Waals surface area (Å²) >= 11 is 0. The number of phosphoric acid groups is 1. The van der Waals surface area contributed by atoms with Crippen molar-refractivity contribution in [2.45, 2.75) is 147 Å². The highest BCUT2D eigenvalue weighted by Crippen LogP contribution is 2.47. The minimum absolute atomic E-state index is 0.145. The van der Waals surface area contributed by atoms with Gasteiger partial charge < -0.3 is 64.7 Å². The standard InChI is InChI=1S/C30H57N2O16P/c1-17-24(36)26(38)22(31-18(2)34)28(45-17)43-13-11-9-7-8-10-12-42-15-20(16-44-49(40,41)48-30(4,5)6)46-29-23(32-19(3)35)27(39)25(37)21(14-33)47-29/h17,20-29,33,36-39H,7-16H2,1-6H3,(H,31,34)(H,32,35)(H,40,41)/t17-,20-,21-,22-,23-,24+,25+,26-,27-,28-,29-/m1/s1. The van der Waals surface area contributed by atoms with Crippen LogP contribution in [-0.2, 0) is 46.9 Å². The molecule has 2 aliphatic rings. The zero-order valence-corrected chi connectivity index (χ0v) is 30.0. The molecule has 1 unspecified atom stereocenters. The van der Waals surface area contributed by atoms with Crippen LogP contribution in [0, 0.1) is 0 Å². The Morgan fingerprint density at radius 1 is 0.816 bits per heavy atom. The predicted molar refractivity (Wildman–Crippen MR) is 171 cm³/mol. The molecular weight excluding hydrogens is 675 g/mol. The summed E-state index contributed by atoms with van der Waals surface area (Å²) in [5.41, 5.74) is -0.996. The molecule has 0 spiro atoms. The monoisotopic (exact) mass is 732 g/mol. The average molecular weight is 733 g/mol. The van der Waals surface area contributed by atoms with E-state index in [-0.39, 0.29) is 12.5 Å². The molecule has 49 heavy (non-hydrogen) atoms. The minimum Gasteiger partial charge on any atom is -0.394 e. The molecule has 8 N–H and O–H groups in total. The average Bonchev–Trinajstić information content (AvgIpc) is 2.99. The molecule has 0 aromatic rings. The molecule has 2 aliphatic heterocycles. The molecule has 0 aliphatic carbocycles. The fourth-order valence-corrected chi connectivity index (χ4v) is 6.36. The van der Waals surface area contributed by atoms with Crippen molar-refractivity contribution in [2.75, 3.05) is 33.0 Å². The first kappa shape index (κ1) is 43.8. The Kier molecular flexibility index (Phi) is 18.4. The van der Waals surface area contributed by atoms with E-state index >= 15 is 0 Å². The number of hydrogen-bond donors (Lipinski definition) is 8. The van der Waals surface area contributed by atoms with Crippen LogP contribution in [0.25, 0.3) is 0 Å². The molecule has 18 nitrogen and oxygen atoms in total. The summed E-state index contributed by atoms with van der Waals surface area (Å²) in [4.78, 5) is 33.5. The Morgan fingerprint density at radius 3 is 1.94 bits per heavy atom. The molecule has 0 aromatic heterocycles. The summed E-state index contributed by atoms with van der Waals surface area (Å²) in [6.07, 6.45) is -6.95. The molecule has 2 rings (SSSR count). The van der Waals surface area contributed by atoms with E-state index in [1.165, 1.54) is 13.8 Å². The highest BCUT2D eigenvalue weighted by molar-refractivity contribution is 7.47. The maximum Gasteiger partial charge on any atom is 0.472 e. The zero-order chi connectivity index (χ0) is 36.9. The SMILES string of the molecule is CC(=O)N[C@H]1[C@H](OCCCCCCCOC[C@H](COP(=O)(O)OC(C)(C)C)O[C@@H]2O[C@H](CO)[C@H](O)[C@H](O)[C@H]2NC(C)=O)O[C@H](C)[C@H](O)[C@@H]1O. The Balaban J connectivity index is 1.85. The molecule has 2 saturated heterocycles. The number of carbonyl (C=O) groups is 2. The number of nitrogens with one attached hydrogen (secondary N) is 2. The zero-order valence-electron chi connectivity index (χ0n) is 29.1. The number of aliphatic hydroxyl groups excluding tert-OH is 5. The van der Waals surface area contributed by atoms with Gasteiger partial charge in [0.15, 0.2) is 12.6 Å². The van der Waals surface area contributed by atoms with Crippen LogP contribution in [0.5, 0.6) is 0 Å². The van der Waals surface area contributed by atoms with E-state index in [4.69, 9.17) is 32.7 Å². The number of ether oxygens (including phenoxy) is 5. The third-order valence-electron chi connectivity index (χ3n) is 7.62. The van der Waals surface area contributed by atoms with Crippen LogP contribution in [0.15, 0.2) is 0 Å². The van der Waals surface area contributed by atoms with Crippen molar-refractivity contribution < 1.29 is 77.3 Å². The number of unbranched alkanes of at least 4 members (excludes halogenated alkanes) is 4. The molecule has 288 valence electrons. The number of amides is 2. The van der Waals surface area contributed by atoms with Crippen LogP contribution >= 0.6 is 7.82 Å². The first-order chi connectivity index (χ1) is 22.8. The third-order valence-corrected chi connectivity index (χ3v) is 8.87. The van der Waals surface area contributed by atoms with Crippen LogP contribution in [0.4, 0.5) is 0 Å². The quantitative estimate of drug-likeness (QED) is 0.0563. The van der Waals surface area contributed by atoms with Gasteiger partial charge in [-0.15, -0.1) is 0 Å². The van der Waals surface area contributed by atoms with Crippen molar-refractivity contribution >= 4 is 19.6 Å². The van der Waals surface area contributed by atoms with E-state index < -0.39 is 99.9 Å². The summed E-state index contributed by atoms with van der Waals surface area (Å²) in [5.74, 6) is -0.932. The molecule has 0 saturated carbocycles. The lowest BCUT2D eigenvalue weighted by Crippen LogP contribution is -2.65. The largest absolute Gasteiger partial charge is 0.472 e. The molecule has 0 bridgehead atoms. The van der Waals surface area contributed by atoms with Crippen LogP contribution in [0.3, 0.4) is 0 Å². The van der Waals surface area contributed by atoms with Gasteiger partial charge in [-0.2, -0.15) is 0 Å². The maximum atomic E-state index is 12.5. The second kappa shape index (κ2) is 20.6. The Hall–Kier alpha value is -1.35. The summed E-state index contributed by atoms with van der Waals surface area (Å²) in [6, 6.07) is -2.14. The lowest BCUT2D eigenvalue weighted by Gasteiger charge is -2.43. The lowest BCUT2D eigenvalue weighted by molar-refractivity contribution is -0.287. The van der Waals surface area contributed by atoms with Gasteiger partial charge >= 0.3 is 7.82 Å². The molecule has 19 heteroatoms. The first-order valence-electron chi connectivity index (χ1n) is 16.6. The first-order valence-corrected chi connectivity index (χ1v) is 18.1. The summed E-state index contributed by atoms with van der Waals surface area (Å²) in [6.45, 7) is 8.14. The summed E-state index contributed by atoms with van der Waals surface area (Å²) in [5, 5.41) is 56.0. The minimum atomic E-state index is -4.53. The predicted octanol–water partition coefficient (Wildman–Crippen LogP) is -0.798. The van der Waals surface area contributed by atoms with E-state index in [0.717, 1.165) is 19.3 Å². The molecule has 2 heterocycles. The van der Waals surface area contributed by atoms with Gasteiger partial charge in [-0.3, -0.25) is 18.6 Å². The van der Waals surface area contributed by atoms with Gasteiger partial charge in [-0.1, -0.05) is 19.3 Å². The summed E-state index contributed by atoms with van der Waals surface area (Å²) < 4.78 is 51.5. The molecule has 2 amide bonds. The van der Waals surface area contributed by atoms with Gasteiger partial charge in [0.1, 0.15) is 48.7 Å². The number of rotatable bonds is 20. The van der Waals surface area contributed by atoms with Crippen molar-refractivity contribution in [3.63, 3.8) is 0 Å². The number of phosphoric ester groups is 1. The number of carbonyl (C=O) groups excluding carboxylic acids is 2. The van der Waals surface area contributed by atoms with Crippen LogP contribution in [0.2, 0.25) is 0 Å². The third kappa shape index (κ3) is 15.4. The lowest BCUT2D eigenvalue weighted by atomic mass is 9.97. The topological polar surface area (TPSA) is 261 Å². The van der Waals surface area contributed by atoms with E-state index in [1.54, 1.807) is 27.7 Å². The van der Waals surface area contributed by atoms with Gasteiger partial charge in [0, 0.05) is 27.1 Å². The fourth-order valence-electron chi connectivity index (χ4n) is 5.26. The van der Waals surface area contributed by atoms with E-state index in [0.29, 0.717) is 26.1 Å². The maximum absolute atomic E-state index is 12.5. The second-order valence-corrected chi connectivity index (χ2v) is 14.7. The van der Waals surface area contributed by atoms with Crippen LogP contribution < -0.4 is 10.6 Å². The van der Waals surface area contributed by atoms with Crippen LogP contribution in [0.1, 0.15) is 73.6 Å². The van der Waals surface area contributed by atoms with Crippen LogP contribution in [-0.4, -0.2) is 148 Å². The Bertz CT molecular complexity index is 1050. The number of hydrogen-bond acceptors (Lipinski definition) is 15. The van der Waals surface area contributed by atoms with Crippen molar-refractivity contribution in [2.24, 2.45) is 0 Å². The van der Waals surface area contributed by atoms with E-state index in [1.807, 2.05) is 0 Å². The van der Waals surface area contributed by atoms with Gasteiger partial charge in [0.2, 0.25) is 11.8 Å². The van der Waals surface area contributed by atoms with E-state index in [2.05, 4.69) is 10.6 Å². The van der Waals surface area contributed by atoms with Crippen molar-refractivity contribution in [1.29, 1.82) is 0 Å². The Morgan fingerprint density at radius 2 is 1.37 bits per heavy atom. The van der Waals surface area contributed by atoms with E-state index in [9.17, 15) is 44.6 Å². The fraction of sp³-hybridized carbons (Fsp3) is 0.933. The van der Waals surface area contributed by atoms with Gasteiger partial charge in [0.05, 0.1) is 31.5 Å². The molecule has 0 aromatic carbocycles. The van der Waals surface area contributed by atoms with Gasteiger partial charge in [0.25, 0.3) is 0 Å². The molecule has 0 radical (unpaired) electrons. The smallest absolute Gasteiger partial charge is 0.394 e. The van der Waals surface area contributed by atoms with Crippen molar-refractivity contribution in [1.82, 2.24) is 10.6 Å². The van der Waals surface area contributed by atoms with Crippen molar-refractivity contribution in [3.05, 3.63) is 0 Å². The van der Waals surface area contributed by atoms with Gasteiger partial charge in [-0.05, 0) is 40.5 Å². The highest BCUT2D eigenvalue weighted by atomic mass is 31.2. The van der Waals surface area contributed by atoms with Crippen molar-refractivity contribution in [3.8, 4) is 0 Å². The molecular formula is C30H57N2O16P. The molecule has 12 atom stereocenters. The molecule has 2 fully saturated rings. The second-order valence-electron chi connectivity index (χ2n) is 13.3. The highest BCUT2D eigenvalue weighted by Gasteiger charge is 2.47. The summed E-state index contributed by atoms with van der Waals surface area (Å²) in [7, 11) is -4.53. The number of aliphatic hydroxyl groups is 5.